The summed E-state index contributed by atoms with van der Waals surface area (Å²) in [5.74, 6) is 2.07. The van der Waals surface area contributed by atoms with Crippen molar-refractivity contribution in [3.8, 4) is 28.4 Å². The van der Waals surface area contributed by atoms with Crippen molar-refractivity contribution in [1.82, 2.24) is 9.55 Å². The molecule has 0 radical (unpaired) electrons. The van der Waals surface area contributed by atoms with E-state index in [0.717, 1.165) is 50.4 Å². The standard InChI is InChI=1S/C46H35N4O.Pt/c1-46(2,3)34-25-26-47-45(28-34)50-41-20-8-7-19-39(41)40-24-23-38(30-44(40)50)51-37-18-12-17-36(29-37)49-31-48(42-21-9-10-22-43(42)49)35-16-11-15-33(27-35)32-13-5-4-6-14-32;/h4-28,31H,1-3H3;/q-3;. The molecule has 0 bridgehead atoms. The van der Waals surface area contributed by atoms with Gasteiger partial charge in [0.25, 0.3) is 0 Å². The molecular weight excluding hydrogens is 820 g/mol. The van der Waals surface area contributed by atoms with Gasteiger partial charge in [-0.3, -0.25) is 0 Å². The van der Waals surface area contributed by atoms with Crippen molar-refractivity contribution in [2.45, 2.75) is 26.2 Å². The number of aromatic nitrogens is 2. The zero-order valence-corrected chi connectivity index (χ0v) is 31.3. The number of benzene rings is 6. The van der Waals surface area contributed by atoms with Crippen LogP contribution in [0, 0.1) is 18.8 Å². The van der Waals surface area contributed by atoms with E-state index in [-0.39, 0.29) is 26.5 Å². The monoisotopic (exact) mass is 854 g/mol. The molecule has 0 fully saturated rings. The second kappa shape index (κ2) is 13.5. The van der Waals surface area contributed by atoms with Crippen LogP contribution in [-0.4, -0.2) is 9.55 Å². The third kappa shape index (κ3) is 6.05. The minimum absolute atomic E-state index is 0. The molecule has 52 heavy (non-hydrogen) atoms. The number of pyridine rings is 1. The molecular formula is C46H35N4OPt-3. The van der Waals surface area contributed by atoms with Gasteiger partial charge in [-0.2, -0.15) is 12.1 Å². The maximum absolute atomic E-state index is 6.52. The summed E-state index contributed by atoms with van der Waals surface area (Å²) in [5.41, 5.74) is 9.69. The van der Waals surface area contributed by atoms with Crippen molar-refractivity contribution in [2.24, 2.45) is 0 Å². The van der Waals surface area contributed by atoms with Crippen molar-refractivity contribution in [2.75, 3.05) is 9.80 Å². The van der Waals surface area contributed by atoms with Crippen LogP contribution in [0.2, 0.25) is 0 Å². The smallest absolute Gasteiger partial charge is 0.135 e. The fourth-order valence-electron chi connectivity index (χ4n) is 6.91. The Morgan fingerprint density at radius 1 is 0.615 bits per heavy atom. The Morgan fingerprint density at radius 2 is 1.33 bits per heavy atom. The zero-order valence-electron chi connectivity index (χ0n) is 29.0. The Morgan fingerprint density at radius 3 is 2.15 bits per heavy atom. The van der Waals surface area contributed by atoms with Crippen LogP contribution in [-0.2, 0) is 26.5 Å². The Bertz CT molecular complexity index is 2550. The van der Waals surface area contributed by atoms with E-state index in [9.17, 15) is 0 Å². The second-order valence-corrected chi connectivity index (χ2v) is 13.9. The van der Waals surface area contributed by atoms with Crippen molar-refractivity contribution >= 4 is 44.6 Å². The number of para-hydroxylation sites is 3. The Balaban J connectivity index is 0.00000387. The minimum Gasteiger partial charge on any atom is -0.509 e. The predicted octanol–water partition coefficient (Wildman–Crippen LogP) is 11.9. The van der Waals surface area contributed by atoms with Crippen molar-refractivity contribution in [3.05, 3.63) is 176 Å². The van der Waals surface area contributed by atoms with Gasteiger partial charge < -0.3 is 19.1 Å². The molecule has 2 aromatic heterocycles. The fraction of sp³-hybridized carbons (Fsp3) is 0.0870. The molecule has 9 rings (SSSR count). The zero-order chi connectivity index (χ0) is 34.5. The molecule has 6 aromatic carbocycles. The molecule has 258 valence electrons. The van der Waals surface area contributed by atoms with Gasteiger partial charge in [-0.15, -0.1) is 48.1 Å². The summed E-state index contributed by atoms with van der Waals surface area (Å²) in [6.45, 7) is 8.79. The van der Waals surface area contributed by atoms with Gasteiger partial charge in [0.15, 0.2) is 0 Å². The Kier molecular flexibility index (Phi) is 8.69. The van der Waals surface area contributed by atoms with Crippen LogP contribution in [0.15, 0.2) is 152 Å². The largest absolute Gasteiger partial charge is 0.509 e. The quantitative estimate of drug-likeness (QED) is 0.156. The van der Waals surface area contributed by atoms with Gasteiger partial charge in [0.1, 0.15) is 5.82 Å². The van der Waals surface area contributed by atoms with Crippen molar-refractivity contribution < 1.29 is 25.8 Å². The number of rotatable bonds is 6. The maximum Gasteiger partial charge on any atom is 0.135 e. The fourth-order valence-corrected chi connectivity index (χ4v) is 6.91. The molecule has 0 N–H and O–H groups in total. The van der Waals surface area contributed by atoms with Crippen LogP contribution in [0.1, 0.15) is 26.3 Å². The summed E-state index contributed by atoms with van der Waals surface area (Å²) < 4.78 is 8.70. The van der Waals surface area contributed by atoms with E-state index < -0.39 is 0 Å². The number of fused-ring (bicyclic) bond motifs is 4. The van der Waals surface area contributed by atoms with E-state index in [1.54, 1.807) is 0 Å². The molecule has 0 aliphatic carbocycles. The maximum atomic E-state index is 6.52. The molecule has 0 atom stereocenters. The van der Waals surface area contributed by atoms with E-state index in [1.807, 2.05) is 30.5 Å². The molecule has 0 saturated heterocycles. The molecule has 0 unspecified atom stereocenters. The van der Waals surface area contributed by atoms with Gasteiger partial charge in [-0.25, -0.2) is 4.98 Å². The van der Waals surface area contributed by atoms with Gasteiger partial charge in [-0.05, 0) is 70.0 Å². The van der Waals surface area contributed by atoms with Gasteiger partial charge in [0.05, 0.1) is 0 Å². The summed E-state index contributed by atoms with van der Waals surface area (Å²) in [6, 6.07) is 57.5. The first-order chi connectivity index (χ1) is 24.9. The first kappa shape index (κ1) is 33.5. The summed E-state index contributed by atoms with van der Waals surface area (Å²) in [6.07, 6.45) is 1.89. The van der Waals surface area contributed by atoms with Gasteiger partial charge in [-0.1, -0.05) is 99.1 Å². The minimum atomic E-state index is -0.00813. The summed E-state index contributed by atoms with van der Waals surface area (Å²) in [7, 11) is 0. The molecule has 1 aliphatic heterocycles. The molecule has 0 saturated carbocycles. The SMILES string of the molecule is CC(C)(C)c1ccnc(-n2c3[c-]c(Oc4[c-]c(N5[CH-]N(c6cccc(-c7ccccc7)c6)c6ccccc65)ccc4)ccc3c3ccccc32)c1.[Pt]. The normalized spacial score (nSPS) is 12.6. The molecule has 5 nitrogen and oxygen atoms in total. The van der Waals surface area contributed by atoms with Crippen LogP contribution < -0.4 is 14.5 Å². The van der Waals surface area contributed by atoms with Crippen molar-refractivity contribution in [3.63, 3.8) is 0 Å². The summed E-state index contributed by atoms with van der Waals surface area (Å²) in [4.78, 5) is 9.21. The van der Waals surface area contributed by atoms with E-state index >= 15 is 0 Å². The van der Waals surface area contributed by atoms with Gasteiger partial charge in [0.2, 0.25) is 0 Å². The number of nitrogens with zero attached hydrogens (tertiary/aromatic N) is 4. The predicted molar refractivity (Wildman–Crippen MR) is 208 cm³/mol. The molecule has 0 amide bonds. The topological polar surface area (TPSA) is 33.5 Å². The Labute approximate surface area is 319 Å². The molecule has 8 aromatic rings. The molecule has 0 spiro atoms. The molecule has 1 aliphatic rings. The van der Waals surface area contributed by atoms with E-state index in [0.29, 0.717) is 11.5 Å². The third-order valence-corrected chi connectivity index (χ3v) is 9.49. The van der Waals surface area contributed by atoms with Crippen LogP contribution in [0.5, 0.6) is 11.5 Å². The number of hydrogen-bond acceptors (Lipinski definition) is 4. The number of hydrogen-bond donors (Lipinski definition) is 0. The van der Waals surface area contributed by atoms with Gasteiger partial charge >= 0.3 is 0 Å². The number of ether oxygens (including phenoxy) is 1. The average Bonchev–Trinajstić information content (AvgIpc) is 3.71. The van der Waals surface area contributed by atoms with E-state index in [2.05, 4.69) is 175 Å². The first-order valence-electron chi connectivity index (χ1n) is 17.2. The van der Waals surface area contributed by atoms with Crippen LogP contribution in [0.25, 0.3) is 38.8 Å². The van der Waals surface area contributed by atoms with E-state index in [1.165, 1.54) is 16.7 Å². The second-order valence-electron chi connectivity index (χ2n) is 13.9. The van der Waals surface area contributed by atoms with Crippen LogP contribution in [0.3, 0.4) is 0 Å². The van der Waals surface area contributed by atoms with Crippen molar-refractivity contribution in [1.29, 1.82) is 0 Å². The first-order valence-corrected chi connectivity index (χ1v) is 17.2. The van der Waals surface area contributed by atoms with E-state index in [4.69, 9.17) is 9.72 Å². The number of anilines is 4. The molecule has 6 heteroatoms. The van der Waals surface area contributed by atoms with Crippen LogP contribution in [0.4, 0.5) is 22.7 Å². The average molecular weight is 855 g/mol. The van der Waals surface area contributed by atoms with Gasteiger partial charge in [0, 0.05) is 61.3 Å². The van der Waals surface area contributed by atoms with Crippen LogP contribution >= 0.6 is 0 Å². The summed E-state index contributed by atoms with van der Waals surface area (Å²) in [5, 5.41) is 2.24. The molecule has 3 heterocycles. The Hall–Kier alpha value is -5.64. The third-order valence-electron chi connectivity index (χ3n) is 9.49. The summed E-state index contributed by atoms with van der Waals surface area (Å²) >= 11 is 0.